The van der Waals surface area contributed by atoms with Crippen molar-refractivity contribution in [2.45, 2.75) is 31.8 Å². The fourth-order valence-corrected chi connectivity index (χ4v) is 5.57. The number of nitrogens with zero attached hydrogens (tertiary/aromatic N) is 5. The minimum absolute atomic E-state index is 0.0216. The molecule has 2 saturated heterocycles. The quantitative estimate of drug-likeness (QED) is 0.416. The van der Waals surface area contributed by atoms with Crippen molar-refractivity contribution in [3.05, 3.63) is 47.1 Å². The first-order valence-corrected chi connectivity index (χ1v) is 13.3. The predicted molar refractivity (Wildman–Crippen MR) is 151 cm³/mol. The third kappa shape index (κ3) is 5.50. The van der Waals surface area contributed by atoms with E-state index in [9.17, 15) is 14.7 Å². The van der Waals surface area contributed by atoms with Crippen LogP contribution in [0.25, 0.3) is 10.8 Å². The summed E-state index contributed by atoms with van der Waals surface area (Å²) in [6, 6.07) is 11.1. The third-order valence-electron chi connectivity index (χ3n) is 7.47. The van der Waals surface area contributed by atoms with Crippen LogP contribution in [0.2, 0.25) is 5.02 Å². The van der Waals surface area contributed by atoms with Crippen LogP contribution in [0.3, 0.4) is 0 Å². The van der Waals surface area contributed by atoms with Gasteiger partial charge in [-0.25, -0.2) is 4.79 Å². The molecule has 5 rings (SSSR count). The number of carbonyl (C=O) groups is 2. The molecular formula is C27H32ClN7O4. The lowest BCUT2D eigenvalue weighted by Crippen LogP contribution is -2.54. The molecule has 0 aliphatic carbocycles. The first-order valence-electron chi connectivity index (χ1n) is 13.0. The average Bonchev–Trinajstić information content (AvgIpc) is 3.32. The Morgan fingerprint density at radius 2 is 1.95 bits per heavy atom. The van der Waals surface area contributed by atoms with E-state index in [1.54, 1.807) is 12.1 Å². The Balaban J connectivity index is 1.49. The highest BCUT2D eigenvalue weighted by molar-refractivity contribution is 6.37. The van der Waals surface area contributed by atoms with Crippen molar-refractivity contribution in [3.63, 3.8) is 0 Å². The van der Waals surface area contributed by atoms with Crippen LogP contribution in [0.15, 0.2) is 36.4 Å². The van der Waals surface area contributed by atoms with Gasteiger partial charge < -0.3 is 35.6 Å². The monoisotopic (exact) mass is 553 g/mol. The predicted octanol–water partition coefficient (Wildman–Crippen LogP) is 3.78. The van der Waals surface area contributed by atoms with Crippen LogP contribution in [0, 0.1) is 0 Å². The van der Waals surface area contributed by atoms with Gasteiger partial charge in [0, 0.05) is 37.1 Å². The fraction of sp³-hybridized carbons (Fsp3) is 0.407. The summed E-state index contributed by atoms with van der Waals surface area (Å²) in [6.07, 6.45) is 1.11. The lowest BCUT2D eigenvalue weighted by Gasteiger charge is -2.39. The molecule has 2 fully saturated rings. The van der Waals surface area contributed by atoms with Gasteiger partial charge in [-0.3, -0.25) is 4.79 Å². The summed E-state index contributed by atoms with van der Waals surface area (Å²) in [6.45, 7) is 4.18. The van der Waals surface area contributed by atoms with E-state index in [0.29, 0.717) is 35.1 Å². The summed E-state index contributed by atoms with van der Waals surface area (Å²) in [5, 5.41) is 14.4. The number of hydrogen-bond donors (Lipinski definition) is 3. The molecule has 3 heterocycles. The van der Waals surface area contributed by atoms with E-state index in [1.165, 1.54) is 4.90 Å². The number of benzene rings is 2. The number of fused-ring (bicyclic) bond motifs is 1. The number of likely N-dealkylation sites (N-methyl/N-ethyl adjacent to an activating group) is 1. The van der Waals surface area contributed by atoms with Crippen LogP contribution >= 0.6 is 11.6 Å². The van der Waals surface area contributed by atoms with Gasteiger partial charge in [-0.2, -0.15) is 9.97 Å². The molecule has 12 heteroatoms. The standard InChI is InChI=1S/C27H32ClN7O4/c1-16-14-34(27(37)38)12-13-35(16)24-22(29)23(31-26(32-24)39-15-18-8-5-11-33(18)2)25(36)30-20-10-4-7-17-6-3-9-19(28)21(17)20/h3-4,6-7,9-10,16,18H,5,8,11-15,29H2,1-2H3,(H,30,36)(H,37,38)/t16-,18-/m0/s1. The number of anilines is 3. The van der Waals surface area contributed by atoms with E-state index >= 15 is 0 Å². The van der Waals surface area contributed by atoms with Crippen molar-refractivity contribution in [1.29, 1.82) is 0 Å². The summed E-state index contributed by atoms with van der Waals surface area (Å²) < 4.78 is 6.02. The van der Waals surface area contributed by atoms with Crippen LogP contribution < -0.4 is 20.7 Å². The highest BCUT2D eigenvalue weighted by atomic mass is 35.5. The number of carbonyl (C=O) groups excluding carboxylic acids is 1. The van der Waals surface area contributed by atoms with E-state index in [1.807, 2.05) is 43.1 Å². The topological polar surface area (TPSA) is 137 Å². The number of amides is 2. The normalized spacial score (nSPS) is 19.9. The number of halogens is 1. The summed E-state index contributed by atoms with van der Waals surface area (Å²) in [7, 11) is 2.05. The van der Waals surface area contributed by atoms with Crippen molar-refractivity contribution < 1.29 is 19.4 Å². The lowest BCUT2D eigenvalue weighted by molar-refractivity contribution is 0.102. The van der Waals surface area contributed by atoms with E-state index in [2.05, 4.69) is 20.2 Å². The number of carboxylic acid groups (broad SMARTS) is 1. The van der Waals surface area contributed by atoms with Gasteiger partial charge in [-0.05, 0) is 50.9 Å². The van der Waals surface area contributed by atoms with E-state index in [4.69, 9.17) is 22.1 Å². The molecule has 1 aromatic heterocycles. The Morgan fingerprint density at radius 1 is 1.18 bits per heavy atom. The zero-order valence-electron chi connectivity index (χ0n) is 21.9. The molecule has 11 nitrogen and oxygen atoms in total. The minimum Gasteiger partial charge on any atom is -0.465 e. The van der Waals surface area contributed by atoms with Crippen molar-refractivity contribution in [1.82, 2.24) is 19.8 Å². The van der Waals surface area contributed by atoms with Crippen molar-refractivity contribution >= 4 is 51.6 Å². The van der Waals surface area contributed by atoms with Crippen LogP contribution in [-0.2, 0) is 0 Å². The number of nitrogens with two attached hydrogens (primary N) is 1. The summed E-state index contributed by atoms with van der Waals surface area (Å²) in [5.74, 6) is -0.179. The van der Waals surface area contributed by atoms with Gasteiger partial charge in [0.15, 0.2) is 11.5 Å². The molecule has 2 atom stereocenters. The summed E-state index contributed by atoms with van der Waals surface area (Å²) in [5.41, 5.74) is 7.13. The van der Waals surface area contributed by atoms with Crippen molar-refractivity contribution in [3.8, 4) is 6.01 Å². The molecule has 2 aliphatic heterocycles. The number of nitrogens with one attached hydrogen (secondary N) is 1. The van der Waals surface area contributed by atoms with Crippen molar-refractivity contribution in [2.75, 3.05) is 55.8 Å². The molecular weight excluding hydrogens is 522 g/mol. The van der Waals surface area contributed by atoms with Crippen LogP contribution in [0.1, 0.15) is 30.3 Å². The molecule has 0 radical (unpaired) electrons. The van der Waals surface area contributed by atoms with Crippen LogP contribution in [0.5, 0.6) is 6.01 Å². The van der Waals surface area contributed by atoms with Gasteiger partial charge in [-0.15, -0.1) is 0 Å². The Labute approximate surface area is 231 Å². The average molecular weight is 554 g/mol. The Morgan fingerprint density at radius 3 is 2.64 bits per heavy atom. The summed E-state index contributed by atoms with van der Waals surface area (Å²) >= 11 is 6.46. The highest BCUT2D eigenvalue weighted by Gasteiger charge is 2.31. The third-order valence-corrected chi connectivity index (χ3v) is 7.78. The van der Waals surface area contributed by atoms with Gasteiger partial charge in [0.05, 0.1) is 10.7 Å². The molecule has 2 amide bonds. The Hall–Kier alpha value is -3.83. The molecule has 2 aliphatic rings. The molecule has 39 heavy (non-hydrogen) atoms. The number of rotatable bonds is 6. The largest absolute Gasteiger partial charge is 0.465 e. The SMILES string of the molecule is C[C@H]1CN(C(=O)O)CCN1c1nc(OC[C@@H]2CCCN2C)nc(C(=O)Nc2cccc3cccc(Cl)c23)c1N. The Bertz CT molecular complexity index is 1400. The zero-order valence-corrected chi connectivity index (χ0v) is 22.7. The molecule has 4 N–H and O–H groups in total. The zero-order chi connectivity index (χ0) is 27.7. The summed E-state index contributed by atoms with van der Waals surface area (Å²) in [4.78, 5) is 39.6. The van der Waals surface area contributed by atoms with Gasteiger partial charge in [-0.1, -0.05) is 35.9 Å². The maximum absolute atomic E-state index is 13.6. The number of aromatic nitrogens is 2. The number of likely N-dealkylation sites (tertiary alicyclic amines) is 1. The first-order chi connectivity index (χ1) is 18.7. The van der Waals surface area contributed by atoms with Gasteiger partial charge in [0.2, 0.25) is 0 Å². The van der Waals surface area contributed by atoms with E-state index in [0.717, 1.165) is 24.8 Å². The highest BCUT2D eigenvalue weighted by Crippen LogP contribution is 2.33. The fourth-order valence-electron chi connectivity index (χ4n) is 5.28. The Kier molecular flexibility index (Phi) is 7.62. The number of piperazine rings is 1. The van der Waals surface area contributed by atoms with Crippen LogP contribution in [0.4, 0.5) is 22.0 Å². The van der Waals surface area contributed by atoms with Gasteiger partial charge >= 0.3 is 12.1 Å². The second-order valence-electron chi connectivity index (χ2n) is 10.0. The van der Waals surface area contributed by atoms with Gasteiger partial charge in [0.25, 0.3) is 5.91 Å². The molecule has 2 aromatic carbocycles. The molecule has 0 bridgehead atoms. The molecule has 0 saturated carbocycles. The number of ether oxygens (including phenoxy) is 1. The van der Waals surface area contributed by atoms with E-state index < -0.39 is 12.0 Å². The second kappa shape index (κ2) is 11.1. The lowest BCUT2D eigenvalue weighted by atomic mass is 10.1. The number of nitrogen functional groups attached to an aromatic ring is 1. The van der Waals surface area contributed by atoms with Gasteiger partial charge in [0.1, 0.15) is 12.3 Å². The van der Waals surface area contributed by atoms with Crippen LogP contribution in [-0.4, -0.2) is 88.8 Å². The maximum Gasteiger partial charge on any atom is 0.407 e. The maximum atomic E-state index is 13.6. The first kappa shape index (κ1) is 26.8. The molecule has 0 spiro atoms. The molecule has 206 valence electrons. The van der Waals surface area contributed by atoms with E-state index in [-0.39, 0.29) is 42.6 Å². The smallest absolute Gasteiger partial charge is 0.407 e. The molecule has 3 aromatic rings. The second-order valence-corrected chi connectivity index (χ2v) is 10.5. The number of hydrogen-bond acceptors (Lipinski definition) is 8. The molecule has 0 unspecified atom stereocenters. The van der Waals surface area contributed by atoms with Crippen molar-refractivity contribution in [2.24, 2.45) is 0 Å². The minimum atomic E-state index is -0.976.